The van der Waals surface area contributed by atoms with Crippen LogP contribution < -0.4 is 4.74 Å². The monoisotopic (exact) mass is 711 g/mol. The Balaban J connectivity index is 1.28. The topological polar surface area (TPSA) is 153 Å². The van der Waals surface area contributed by atoms with Gasteiger partial charge >= 0.3 is 12.1 Å². The summed E-state index contributed by atoms with van der Waals surface area (Å²) in [5, 5.41) is 18.8. The Bertz CT molecular complexity index is 1790. The number of carboxylic acid groups (broad SMARTS) is 1. The summed E-state index contributed by atoms with van der Waals surface area (Å²) in [5.74, 6) is -0.404. The third-order valence-electron chi connectivity index (χ3n) is 9.18. The van der Waals surface area contributed by atoms with Crippen molar-refractivity contribution in [1.82, 2.24) is 24.2 Å². The van der Waals surface area contributed by atoms with E-state index >= 15 is 0 Å². The first-order valence-corrected chi connectivity index (χ1v) is 18.4. The number of amides is 1. The zero-order valence-electron chi connectivity index (χ0n) is 30.0. The van der Waals surface area contributed by atoms with Gasteiger partial charge in [0.1, 0.15) is 28.0 Å². The van der Waals surface area contributed by atoms with E-state index in [1.54, 1.807) is 53.9 Å². The maximum atomic E-state index is 13.7. The molecule has 0 aliphatic carbocycles. The van der Waals surface area contributed by atoms with Crippen molar-refractivity contribution in [2.24, 2.45) is 11.3 Å². The summed E-state index contributed by atoms with van der Waals surface area (Å²) in [6.45, 7) is 14.6. The highest BCUT2D eigenvalue weighted by Gasteiger charge is 2.40. The van der Waals surface area contributed by atoms with Crippen molar-refractivity contribution in [3.63, 3.8) is 0 Å². The number of hydrogen-bond donors (Lipinski definition) is 1. The lowest BCUT2D eigenvalue weighted by atomic mass is 9.81. The van der Waals surface area contributed by atoms with Crippen LogP contribution in [0.25, 0.3) is 0 Å². The molecule has 2 aliphatic heterocycles. The number of benzene rings is 2. The normalized spacial score (nSPS) is 19.3. The highest BCUT2D eigenvalue weighted by Crippen LogP contribution is 2.39. The summed E-state index contributed by atoms with van der Waals surface area (Å²) in [6, 6.07) is 12.1. The Morgan fingerprint density at radius 3 is 2.46 bits per heavy atom. The Morgan fingerprint density at radius 2 is 1.78 bits per heavy atom. The predicted molar refractivity (Wildman–Crippen MR) is 185 cm³/mol. The molecule has 1 amide bonds. The fourth-order valence-electron chi connectivity index (χ4n) is 6.29. The molecule has 1 aromatic heterocycles. The molecule has 0 radical (unpaired) electrons. The molecule has 3 aromatic rings. The van der Waals surface area contributed by atoms with Gasteiger partial charge in [0, 0.05) is 26.2 Å². The molecule has 14 heteroatoms. The number of carboxylic acids is 1. The van der Waals surface area contributed by atoms with Crippen molar-refractivity contribution in [1.29, 1.82) is 0 Å². The average Bonchev–Trinajstić information content (AvgIpc) is 3.45. The lowest BCUT2D eigenvalue weighted by Crippen LogP contribution is -2.42. The minimum absolute atomic E-state index is 0.0216. The highest BCUT2D eigenvalue weighted by atomic mass is 32.2. The average molecular weight is 712 g/mol. The minimum Gasteiger partial charge on any atom is -0.488 e. The van der Waals surface area contributed by atoms with E-state index in [1.165, 1.54) is 4.31 Å². The van der Waals surface area contributed by atoms with E-state index < -0.39 is 33.1 Å². The quantitative estimate of drug-likeness (QED) is 0.282. The van der Waals surface area contributed by atoms with Gasteiger partial charge in [-0.25, -0.2) is 13.2 Å². The van der Waals surface area contributed by atoms with E-state index in [-0.39, 0.29) is 36.8 Å². The zero-order valence-corrected chi connectivity index (χ0v) is 30.8. The fourth-order valence-corrected chi connectivity index (χ4v) is 7.90. The number of aromatic nitrogens is 3. The van der Waals surface area contributed by atoms with Gasteiger partial charge in [0.2, 0.25) is 10.0 Å². The molecule has 3 heterocycles. The maximum absolute atomic E-state index is 13.7. The molecule has 1 fully saturated rings. The van der Waals surface area contributed by atoms with Crippen LogP contribution in [0.1, 0.15) is 82.9 Å². The van der Waals surface area contributed by atoms with Crippen LogP contribution in [0.15, 0.2) is 53.6 Å². The summed E-state index contributed by atoms with van der Waals surface area (Å²) in [7, 11) is -3.87. The standard InChI is InChI=1S/C36H49N5O8S/c1-24-12-13-27(18-28(24)21-41-19-25(2)48-30-10-8-9-11-31(30)50(41,45)46)32(36(6,7)33(42)43)47-23-29-22-40(38-37-29)20-26-14-16-39(17-15-26)34(44)49-35(3,4)5/h8-13,18,22,25-26,32H,14-17,19-21,23H2,1-7H3,(H,42,43)/t25-,32?/m1/s1. The van der Waals surface area contributed by atoms with Crippen LogP contribution in [0.3, 0.4) is 0 Å². The number of carbonyl (C=O) groups excluding carboxylic acids is 1. The van der Waals surface area contributed by atoms with Crippen molar-refractivity contribution >= 4 is 22.1 Å². The maximum Gasteiger partial charge on any atom is 0.410 e. The van der Waals surface area contributed by atoms with Crippen LogP contribution in [0.2, 0.25) is 0 Å². The van der Waals surface area contributed by atoms with E-state index in [2.05, 4.69) is 10.3 Å². The van der Waals surface area contributed by atoms with Crippen LogP contribution in [-0.2, 0) is 44.0 Å². The number of piperidine rings is 1. The second-order valence-corrected chi connectivity index (χ2v) is 16.8. The lowest BCUT2D eigenvalue weighted by molar-refractivity contribution is -0.158. The number of hydrogen-bond acceptors (Lipinski definition) is 9. The van der Waals surface area contributed by atoms with Crippen molar-refractivity contribution in [2.75, 3.05) is 19.6 Å². The van der Waals surface area contributed by atoms with E-state index in [9.17, 15) is 23.1 Å². The number of sulfonamides is 1. The molecule has 5 rings (SSSR count). The van der Waals surface area contributed by atoms with Gasteiger partial charge in [-0.05, 0) is 96.0 Å². The number of fused-ring (bicyclic) bond motifs is 1. The van der Waals surface area contributed by atoms with Gasteiger partial charge in [-0.1, -0.05) is 35.5 Å². The predicted octanol–water partition coefficient (Wildman–Crippen LogP) is 5.57. The third-order valence-corrected chi connectivity index (χ3v) is 11.0. The summed E-state index contributed by atoms with van der Waals surface area (Å²) >= 11 is 0. The van der Waals surface area contributed by atoms with Gasteiger partial charge in [0.15, 0.2) is 0 Å². The van der Waals surface area contributed by atoms with Crippen LogP contribution in [0, 0.1) is 18.3 Å². The number of carbonyl (C=O) groups is 2. The van der Waals surface area contributed by atoms with Gasteiger partial charge < -0.3 is 24.2 Å². The molecule has 2 aromatic carbocycles. The van der Waals surface area contributed by atoms with E-state index in [0.29, 0.717) is 42.6 Å². The van der Waals surface area contributed by atoms with Gasteiger partial charge in [-0.2, -0.15) is 4.31 Å². The van der Waals surface area contributed by atoms with E-state index in [4.69, 9.17) is 14.2 Å². The summed E-state index contributed by atoms with van der Waals surface area (Å²) in [6.07, 6.45) is 1.87. The summed E-state index contributed by atoms with van der Waals surface area (Å²) < 4.78 is 48.4. The number of likely N-dealkylation sites (tertiary alicyclic amines) is 1. The number of aliphatic carboxylic acids is 1. The number of ether oxygens (including phenoxy) is 3. The van der Waals surface area contributed by atoms with Crippen LogP contribution in [0.5, 0.6) is 5.75 Å². The van der Waals surface area contributed by atoms with Crippen molar-refractivity contribution < 1.29 is 37.3 Å². The largest absolute Gasteiger partial charge is 0.488 e. The first-order valence-electron chi connectivity index (χ1n) is 17.0. The molecule has 0 bridgehead atoms. The molecule has 2 atom stereocenters. The van der Waals surface area contributed by atoms with Crippen LogP contribution in [0.4, 0.5) is 4.79 Å². The highest BCUT2D eigenvalue weighted by molar-refractivity contribution is 7.89. The Kier molecular flexibility index (Phi) is 10.9. The second-order valence-electron chi connectivity index (χ2n) is 14.9. The van der Waals surface area contributed by atoms with Gasteiger partial charge in [0.05, 0.1) is 30.9 Å². The number of nitrogens with zero attached hydrogens (tertiary/aromatic N) is 5. The third kappa shape index (κ3) is 8.64. The summed E-state index contributed by atoms with van der Waals surface area (Å²) in [4.78, 5) is 26.8. The lowest BCUT2D eigenvalue weighted by Gasteiger charge is -2.33. The Labute approximate surface area is 294 Å². The molecule has 272 valence electrons. The Morgan fingerprint density at radius 1 is 1.08 bits per heavy atom. The van der Waals surface area contributed by atoms with Crippen molar-refractivity contribution in [2.45, 2.75) is 104 Å². The van der Waals surface area contributed by atoms with E-state index in [0.717, 1.165) is 24.0 Å². The van der Waals surface area contributed by atoms with Gasteiger partial charge in [0.25, 0.3) is 0 Å². The molecule has 0 saturated carbocycles. The first kappa shape index (κ1) is 37.3. The zero-order chi connectivity index (χ0) is 36.4. The number of rotatable bonds is 10. The molecule has 13 nitrogen and oxygen atoms in total. The van der Waals surface area contributed by atoms with Gasteiger partial charge in [-0.15, -0.1) is 5.10 Å². The summed E-state index contributed by atoms with van der Waals surface area (Å²) in [5.41, 5.74) is 0.890. The Hall–Kier alpha value is -4.01. The molecule has 1 unspecified atom stereocenters. The molecular weight excluding hydrogens is 662 g/mol. The number of para-hydroxylation sites is 1. The molecule has 50 heavy (non-hydrogen) atoms. The van der Waals surface area contributed by atoms with Crippen molar-refractivity contribution in [3.8, 4) is 5.75 Å². The fraction of sp³-hybridized carbons (Fsp3) is 0.556. The van der Waals surface area contributed by atoms with Crippen molar-refractivity contribution in [3.05, 3.63) is 71.0 Å². The number of aryl methyl sites for hydroxylation is 1. The SMILES string of the molecule is Cc1ccc(C(OCc2cn(CC3CCN(C(=O)OC(C)(C)C)CC3)nn2)C(C)(C)C(=O)O)cc1CN1C[C@@H](C)Oc2ccccc2S1(=O)=O. The minimum atomic E-state index is -3.87. The van der Waals surface area contributed by atoms with Crippen LogP contribution >= 0.6 is 0 Å². The molecule has 0 spiro atoms. The van der Waals surface area contributed by atoms with Crippen LogP contribution in [-0.4, -0.2) is 81.1 Å². The molecule has 1 N–H and O–H groups in total. The molecular formula is C36H49N5O8S. The first-order chi connectivity index (χ1) is 23.4. The molecule has 1 saturated heterocycles. The second kappa shape index (κ2) is 14.7. The molecule has 2 aliphatic rings. The van der Waals surface area contributed by atoms with Gasteiger partial charge in [-0.3, -0.25) is 9.48 Å². The smallest absolute Gasteiger partial charge is 0.410 e. The van der Waals surface area contributed by atoms with E-state index in [1.807, 2.05) is 52.8 Å².